The Morgan fingerprint density at radius 3 is 2.78 bits per heavy atom. The van der Waals surface area contributed by atoms with E-state index in [9.17, 15) is 5.11 Å². The third-order valence-corrected chi connectivity index (χ3v) is 3.29. The molecule has 3 rings (SSSR count). The van der Waals surface area contributed by atoms with E-state index in [1.807, 2.05) is 0 Å². The van der Waals surface area contributed by atoms with Crippen LogP contribution >= 0.6 is 23.2 Å². The molecule has 0 radical (unpaired) electrons. The van der Waals surface area contributed by atoms with Crippen LogP contribution in [-0.2, 0) is 0 Å². The zero-order valence-corrected chi connectivity index (χ0v) is 13.0. The van der Waals surface area contributed by atoms with E-state index in [1.54, 1.807) is 24.5 Å². The zero-order chi connectivity index (χ0) is 16.2. The van der Waals surface area contributed by atoms with Crippen molar-refractivity contribution >= 4 is 35.4 Å². The average Bonchev–Trinajstić information content (AvgIpc) is 3.02. The van der Waals surface area contributed by atoms with Gasteiger partial charge in [0.2, 0.25) is 5.82 Å². The van der Waals surface area contributed by atoms with Gasteiger partial charge >= 0.3 is 6.01 Å². The highest BCUT2D eigenvalue weighted by molar-refractivity contribution is 6.36. The summed E-state index contributed by atoms with van der Waals surface area (Å²) >= 11 is 11.7. The van der Waals surface area contributed by atoms with E-state index in [0.29, 0.717) is 16.4 Å². The number of nitrogens with zero attached hydrogens (tertiary/aromatic N) is 4. The average molecular weight is 350 g/mol. The number of anilines is 1. The highest BCUT2D eigenvalue weighted by atomic mass is 35.5. The second kappa shape index (κ2) is 6.64. The molecule has 0 amide bonds. The minimum Gasteiger partial charge on any atom is -0.506 e. The number of aromatic hydroxyl groups is 1. The number of phenolic OH excluding ortho intramolecular Hbond substituents is 1. The van der Waals surface area contributed by atoms with Gasteiger partial charge in [-0.1, -0.05) is 28.4 Å². The van der Waals surface area contributed by atoms with Gasteiger partial charge < -0.3 is 9.63 Å². The topological polar surface area (TPSA) is 96.4 Å². The number of hydrazone groups is 1. The van der Waals surface area contributed by atoms with Gasteiger partial charge in [0, 0.05) is 28.5 Å². The summed E-state index contributed by atoms with van der Waals surface area (Å²) in [6.45, 7) is 0. The molecule has 0 fully saturated rings. The van der Waals surface area contributed by atoms with E-state index < -0.39 is 0 Å². The van der Waals surface area contributed by atoms with Crippen LogP contribution in [-0.4, -0.2) is 26.4 Å². The molecule has 0 saturated heterocycles. The summed E-state index contributed by atoms with van der Waals surface area (Å²) < 4.78 is 5.01. The Morgan fingerprint density at radius 2 is 2.00 bits per heavy atom. The lowest BCUT2D eigenvalue weighted by Gasteiger charge is -2.01. The van der Waals surface area contributed by atoms with Crippen molar-refractivity contribution in [1.82, 2.24) is 15.1 Å². The van der Waals surface area contributed by atoms with Crippen LogP contribution in [0.3, 0.4) is 0 Å². The van der Waals surface area contributed by atoms with E-state index >= 15 is 0 Å². The lowest BCUT2D eigenvalue weighted by molar-refractivity contribution is 0.433. The molecule has 0 spiro atoms. The number of rotatable bonds is 4. The molecule has 2 heterocycles. The van der Waals surface area contributed by atoms with Crippen molar-refractivity contribution in [1.29, 1.82) is 0 Å². The normalized spacial score (nSPS) is 11.0. The number of aromatic nitrogens is 3. The third-order valence-electron chi connectivity index (χ3n) is 2.79. The van der Waals surface area contributed by atoms with Crippen LogP contribution in [0.2, 0.25) is 10.0 Å². The SMILES string of the molecule is Oc1c(Cl)cc(Cl)cc1/C=N/Nc1nc(-c2ccncc2)no1. The van der Waals surface area contributed by atoms with Gasteiger partial charge in [0.25, 0.3) is 0 Å². The number of phenols is 1. The fourth-order valence-electron chi connectivity index (χ4n) is 1.73. The van der Waals surface area contributed by atoms with Crippen molar-refractivity contribution in [2.75, 3.05) is 5.43 Å². The summed E-state index contributed by atoms with van der Waals surface area (Å²) in [5, 5.41) is 18.0. The van der Waals surface area contributed by atoms with Crippen LogP contribution < -0.4 is 5.43 Å². The molecule has 0 aliphatic carbocycles. The largest absolute Gasteiger partial charge is 0.506 e. The number of nitrogens with one attached hydrogen (secondary N) is 1. The molecule has 116 valence electrons. The lowest BCUT2D eigenvalue weighted by Crippen LogP contribution is -1.92. The van der Waals surface area contributed by atoms with Crippen molar-refractivity contribution in [2.24, 2.45) is 5.10 Å². The maximum atomic E-state index is 9.81. The maximum Gasteiger partial charge on any atom is 0.342 e. The molecule has 0 saturated carbocycles. The number of hydrogen-bond donors (Lipinski definition) is 2. The molecular formula is C14H9Cl2N5O2. The molecule has 23 heavy (non-hydrogen) atoms. The Morgan fingerprint density at radius 1 is 1.22 bits per heavy atom. The predicted molar refractivity (Wildman–Crippen MR) is 86.9 cm³/mol. The van der Waals surface area contributed by atoms with Crippen molar-refractivity contribution in [3.8, 4) is 17.1 Å². The van der Waals surface area contributed by atoms with Gasteiger partial charge in [-0.2, -0.15) is 10.1 Å². The summed E-state index contributed by atoms with van der Waals surface area (Å²) in [7, 11) is 0. The Bertz CT molecular complexity index is 852. The van der Waals surface area contributed by atoms with Crippen LogP contribution in [0.5, 0.6) is 5.75 Å². The van der Waals surface area contributed by atoms with Gasteiger partial charge in [-0.05, 0) is 24.3 Å². The minimum atomic E-state index is -0.121. The summed E-state index contributed by atoms with van der Waals surface area (Å²) in [5.74, 6) is 0.281. The molecule has 9 heteroatoms. The molecule has 0 aliphatic heterocycles. The molecule has 2 aromatic heterocycles. The first kappa shape index (κ1) is 15.3. The van der Waals surface area contributed by atoms with Crippen molar-refractivity contribution < 1.29 is 9.63 Å². The molecule has 0 aliphatic rings. The second-order valence-electron chi connectivity index (χ2n) is 4.35. The standard InChI is InChI=1S/C14H9Cl2N5O2/c15-10-5-9(12(22)11(16)6-10)7-18-20-14-19-13(21-23-14)8-1-3-17-4-2-8/h1-7,22H,(H,19,20,21)/b18-7+. The van der Waals surface area contributed by atoms with Gasteiger partial charge in [0.15, 0.2) is 0 Å². The Labute approximate surface area is 140 Å². The molecule has 3 aromatic rings. The minimum absolute atomic E-state index is 0.0978. The summed E-state index contributed by atoms with van der Waals surface area (Å²) in [4.78, 5) is 8.04. The summed E-state index contributed by atoms with van der Waals surface area (Å²) in [5.41, 5.74) is 3.68. The molecule has 7 nitrogen and oxygen atoms in total. The van der Waals surface area contributed by atoms with E-state index in [-0.39, 0.29) is 16.8 Å². The van der Waals surface area contributed by atoms with Gasteiger partial charge in [-0.25, -0.2) is 5.43 Å². The van der Waals surface area contributed by atoms with Gasteiger partial charge in [-0.15, -0.1) is 0 Å². The smallest absolute Gasteiger partial charge is 0.342 e. The second-order valence-corrected chi connectivity index (χ2v) is 5.20. The van der Waals surface area contributed by atoms with Crippen LogP contribution in [0.15, 0.2) is 46.3 Å². The fraction of sp³-hybridized carbons (Fsp3) is 0. The monoisotopic (exact) mass is 349 g/mol. The molecule has 2 N–H and O–H groups in total. The van der Waals surface area contributed by atoms with E-state index in [4.69, 9.17) is 27.7 Å². The van der Waals surface area contributed by atoms with Crippen molar-refractivity contribution in [2.45, 2.75) is 0 Å². The fourth-order valence-corrected chi connectivity index (χ4v) is 2.24. The maximum absolute atomic E-state index is 9.81. The van der Waals surface area contributed by atoms with Crippen LogP contribution in [0.4, 0.5) is 6.01 Å². The van der Waals surface area contributed by atoms with Crippen molar-refractivity contribution in [3.05, 3.63) is 52.3 Å². The molecule has 0 atom stereocenters. The summed E-state index contributed by atoms with van der Waals surface area (Å²) in [6.07, 6.45) is 4.59. The zero-order valence-electron chi connectivity index (χ0n) is 11.4. The van der Waals surface area contributed by atoms with Crippen LogP contribution in [0, 0.1) is 0 Å². The van der Waals surface area contributed by atoms with E-state index in [0.717, 1.165) is 5.56 Å². The molecular weight excluding hydrogens is 341 g/mol. The van der Waals surface area contributed by atoms with E-state index in [2.05, 4.69) is 25.7 Å². The first-order chi connectivity index (χ1) is 11.1. The Balaban J connectivity index is 1.73. The first-order valence-electron chi connectivity index (χ1n) is 6.34. The van der Waals surface area contributed by atoms with Gasteiger partial charge in [-0.3, -0.25) is 4.98 Å². The number of benzene rings is 1. The number of hydrogen-bond acceptors (Lipinski definition) is 7. The van der Waals surface area contributed by atoms with Gasteiger partial charge in [0.05, 0.1) is 11.2 Å². The first-order valence-corrected chi connectivity index (χ1v) is 7.10. The highest BCUT2D eigenvalue weighted by Gasteiger charge is 2.08. The molecule has 0 unspecified atom stereocenters. The van der Waals surface area contributed by atoms with Crippen LogP contribution in [0.1, 0.15) is 5.56 Å². The summed E-state index contributed by atoms with van der Waals surface area (Å²) in [6, 6.07) is 6.56. The third kappa shape index (κ3) is 3.58. The van der Waals surface area contributed by atoms with Crippen molar-refractivity contribution in [3.63, 3.8) is 0 Å². The highest BCUT2D eigenvalue weighted by Crippen LogP contribution is 2.30. The van der Waals surface area contributed by atoms with Crippen LogP contribution in [0.25, 0.3) is 11.4 Å². The predicted octanol–water partition coefficient (Wildman–Crippen LogP) is 3.59. The lowest BCUT2D eigenvalue weighted by atomic mass is 10.2. The molecule has 1 aromatic carbocycles. The van der Waals surface area contributed by atoms with E-state index in [1.165, 1.54) is 18.3 Å². The quantitative estimate of drug-likeness (QED) is 0.551. The number of pyridine rings is 1. The Kier molecular flexibility index (Phi) is 4.40. The van der Waals surface area contributed by atoms with Gasteiger partial charge in [0.1, 0.15) is 5.75 Å². The molecule has 0 bridgehead atoms. The Hall–Kier alpha value is -2.64. The number of halogens is 2.